The van der Waals surface area contributed by atoms with E-state index >= 15 is 0 Å². The molecule has 1 saturated heterocycles. The number of rotatable bonds is 7. The molecule has 2 atom stereocenters. The highest BCUT2D eigenvalue weighted by molar-refractivity contribution is 6.30. The average Bonchev–Trinajstić information content (AvgIpc) is 3.53. The number of carboxylic acid groups (broad SMARTS) is 1. The number of carbonyl (C=O) groups is 1. The van der Waals surface area contributed by atoms with Gasteiger partial charge in [-0.25, -0.2) is 9.18 Å². The Bertz CT molecular complexity index is 1200. The van der Waals surface area contributed by atoms with E-state index in [0.717, 1.165) is 48.9 Å². The van der Waals surface area contributed by atoms with Crippen LogP contribution in [0.4, 0.5) is 17.6 Å². The normalized spacial score (nSPS) is 21.5. The van der Waals surface area contributed by atoms with Crippen LogP contribution in [-0.4, -0.2) is 34.4 Å². The first-order valence-corrected chi connectivity index (χ1v) is 11.7. The Labute approximate surface area is 216 Å². The van der Waals surface area contributed by atoms with Crippen molar-refractivity contribution in [3.8, 4) is 11.5 Å². The number of carboxylic acids is 1. The summed E-state index contributed by atoms with van der Waals surface area (Å²) >= 11 is 5.95. The van der Waals surface area contributed by atoms with Crippen LogP contribution in [0.25, 0.3) is 0 Å². The third-order valence-electron chi connectivity index (χ3n) is 6.66. The van der Waals surface area contributed by atoms with Crippen molar-refractivity contribution in [2.24, 2.45) is 0 Å². The van der Waals surface area contributed by atoms with Gasteiger partial charge < -0.3 is 14.6 Å². The topological polar surface area (TPSA) is 59.0 Å². The summed E-state index contributed by atoms with van der Waals surface area (Å²) in [4.78, 5) is 13.6. The second-order valence-corrected chi connectivity index (χ2v) is 9.63. The van der Waals surface area contributed by atoms with Gasteiger partial charge in [0.15, 0.2) is 0 Å². The molecule has 0 aromatic heterocycles. The van der Waals surface area contributed by atoms with Crippen molar-refractivity contribution in [3.05, 3.63) is 69.7 Å². The standard InChI is InChI=1S/C25H22ClF4NO4.ClH/c26-15-6-18(10-20(7-15)35-25(28,29)30)34-19-8-16-3-4-17(9-19)31(16)12-14-5-23(27)22(24(32)33)11-21(14)13-1-2-13;/h5-8,10-11,13,16-17H,1-4,9,12H2,(H,32,33);1H/t16?,17-;/m0./s1. The van der Waals surface area contributed by atoms with Gasteiger partial charge in [-0.1, -0.05) is 11.6 Å². The van der Waals surface area contributed by atoms with Gasteiger partial charge in [0.1, 0.15) is 23.1 Å². The summed E-state index contributed by atoms with van der Waals surface area (Å²) in [5.74, 6) is -1.43. The zero-order valence-corrected chi connectivity index (χ0v) is 20.4. The van der Waals surface area contributed by atoms with Crippen molar-refractivity contribution in [2.45, 2.75) is 63.0 Å². The molecule has 0 radical (unpaired) electrons. The molecule has 0 spiro atoms. The van der Waals surface area contributed by atoms with E-state index in [1.54, 1.807) is 0 Å². The number of aromatic carboxylic acids is 1. The fourth-order valence-electron chi connectivity index (χ4n) is 5.04. The molecule has 1 aliphatic carbocycles. The summed E-state index contributed by atoms with van der Waals surface area (Å²) in [6.07, 6.45) is 1.31. The second kappa shape index (κ2) is 10.1. The third-order valence-corrected chi connectivity index (χ3v) is 6.88. The molecule has 11 heteroatoms. The predicted octanol–water partition coefficient (Wildman–Crippen LogP) is 7.07. The molecule has 3 aliphatic rings. The second-order valence-electron chi connectivity index (χ2n) is 9.19. The van der Waals surface area contributed by atoms with Crippen LogP contribution in [0.5, 0.6) is 11.5 Å². The van der Waals surface area contributed by atoms with Gasteiger partial charge in [0.2, 0.25) is 0 Å². The van der Waals surface area contributed by atoms with Crippen molar-refractivity contribution >= 4 is 30.0 Å². The maximum atomic E-state index is 14.5. The van der Waals surface area contributed by atoms with Crippen molar-refractivity contribution in [1.82, 2.24) is 4.90 Å². The highest BCUT2D eigenvalue weighted by atomic mass is 35.5. The van der Waals surface area contributed by atoms with Gasteiger partial charge in [-0.05, 0) is 73.1 Å². The molecule has 194 valence electrons. The summed E-state index contributed by atoms with van der Waals surface area (Å²) in [5, 5.41) is 9.35. The SMILES string of the molecule is Cl.O=C(O)c1cc(C2CC2)c(CN2C3C=C(Oc4cc(Cl)cc(OC(F)(F)F)c4)C[C@@H]2CC3)cc1F. The monoisotopic (exact) mass is 547 g/mol. The van der Waals surface area contributed by atoms with E-state index in [4.69, 9.17) is 16.3 Å². The van der Waals surface area contributed by atoms with Crippen molar-refractivity contribution < 1.29 is 36.9 Å². The molecule has 36 heavy (non-hydrogen) atoms. The molecule has 1 N–H and O–H groups in total. The van der Waals surface area contributed by atoms with Gasteiger partial charge in [0.25, 0.3) is 0 Å². The van der Waals surface area contributed by atoms with Crippen LogP contribution < -0.4 is 9.47 Å². The molecule has 5 nitrogen and oxygen atoms in total. The average molecular weight is 548 g/mol. The lowest BCUT2D eigenvalue weighted by atomic mass is 9.97. The molecule has 5 rings (SSSR count). The third kappa shape index (κ3) is 5.90. The molecule has 0 amide bonds. The zero-order chi connectivity index (χ0) is 24.9. The maximum absolute atomic E-state index is 14.5. The number of ether oxygens (including phenoxy) is 2. The fourth-order valence-corrected chi connectivity index (χ4v) is 5.26. The van der Waals surface area contributed by atoms with E-state index in [0.29, 0.717) is 18.7 Å². The number of hydrogen-bond donors (Lipinski definition) is 1. The van der Waals surface area contributed by atoms with Gasteiger partial charge in [-0.3, -0.25) is 4.90 Å². The Hall–Kier alpha value is -2.49. The molecular weight excluding hydrogens is 525 g/mol. The minimum atomic E-state index is -4.84. The largest absolute Gasteiger partial charge is 0.573 e. The number of hydrogen-bond acceptors (Lipinski definition) is 4. The van der Waals surface area contributed by atoms with Crippen molar-refractivity contribution in [1.29, 1.82) is 0 Å². The van der Waals surface area contributed by atoms with E-state index in [1.807, 2.05) is 6.08 Å². The summed E-state index contributed by atoms with van der Waals surface area (Å²) in [7, 11) is 0. The lowest BCUT2D eigenvalue weighted by Crippen LogP contribution is -2.39. The molecule has 2 fully saturated rings. The van der Waals surface area contributed by atoms with Gasteiger partial charge in [-0.2, -0.15) is 0 Å². The minimum absolute atomic E-state index is 0. The van der Waals surface area contributed by atoms with Crippen LogP contribution in [0, 0.1) is 5.82 Å². The lowest BCUT2D eigenvalue weighted by molar-refractivity contribution is -0.274. The van der Waals surface area contributed by atoms with E-state index in [-0.39, 0.29) is 46.7 Å². The number of alkyl halides is 3. The van der Waals surface area contributed by atoms with Gasteiger partial charge >= 0.3 is 12.3 Å². The Kier molecular flexibility index (Phi) is 7.46. The molecule has 2 aromatic carbocycles. The quantitative estimate of drug-likeness (QED) is 0.375. The van der Waals surface area contributed by atoms with E-state index in [2.05, 4.69) is 9.64 Å². The minimum Gasteiger partial charge on any atom is -0.478 e. The molecule has 2 aliphatic heterocycles. The number of nitrogens with zero attached hydrogens (tertiary/aromatic N) is 1. The molecular formula is C25H23Cl2F4NO4. The van der Waals surface area contributed by atoms with Gasteiger partial charge in [-0.15, -0.1) is 25.6 Å². The molecule has 2 bridgehead atoms. The first-order chi connectivity index (χ1) is 16.6. The smallest absolute Gasteiger partial charge is 0.478 e. The highest BCUT2D eigenvalue weighted by Crippen LogP contribution is 2.44. The molecule has 2 aromatic rings. The first kappa shape index (κ1) is 26.6. The zero-order valence-electron chi connectivity index (χ0n) is 18.9. The van der Waals surface area contributed by atoms with Gasteiger partial charge in [0, 0.05) is 36.1 Å². The Morgan fingerprint density at radius 2 is 1.81 bits per heavy atom. The Balaban J connectivity index is 0.00000304. The number of fused-ring (bicyclic) bond motifs is 2. The van der Waals surface area contributed by atoms with Crippen LogP contribution in [0.2, 0.25) is 5.02 Å². The maximum Gasteiger partial charge on any atom is 0.573 e. The van der Waals surface area contributed by atoms with Crippen molar-refractivity contribution in [3.63, 3.8) is 0 Å². The lowest BCUT2D eigenvalue weighted by Gasteiger charge is -2.34. The summed E-state index contributed by atoms with van der Waals surface area (Å²) in [6, 6.07) is 6.58. The highest BCUT2D eigenvalue weighted by Gasteiger charge is 2.39. The number of halogens is 6. The summed E-state index contributed by atoms with van der Waals surface area (Å²) < 4.78 is 62.1. The molecule has 1 unspecified atom stereocenters. The van der Waals surface area contributed by atoms with Gasteiger partial charge in [0.05, 0.1) is 5.56 Å². The van der Waals surface area contributed by atoms with E-state index in [1.165, 1.54) is 18.2 Å². The van der Waals surface area contributed by atoms with Crippen LogP contribution in [0.1, 0.15) is 59.5 Å². The van der Waals surface area contributed by atoms with E-state index < -0.39 is 23.9 Å². The first-order valence-electron chi connectivity index (χ1n) is 11.3. The summed E-state index contributed by atoms with van der Waals surface area (Å²) in [6.45, 7) is 0.489. The fraction of sp³-hybridized carbons (Fsp3) is 0.400. The number of benzene rings is 2. The van der Waals surface area contributed by atoms with Crippen LogP contribution in [-0.2, 0) is 6.54 Å². The molecule has 2 heterocycles. The van der Waals surface area contributed by atoms with Crippen LogP contribution >= 0.6 is 24.0 Å². The summed E-state index contributed by atoms with van der Waals surface area (Å²) in [5.41, 5.74) is 1.39. The van der Waals surface area contributed by atoms with Crippen LogP contribution in [0.3, 0.4) is 0 Å². The Morgan fingerprint density at radius 1 is 1.08 bits per heavy atom. The van der Waals surface area contributed by atoms with Crippen LogP contribution in [0.15, 0.2) is 42.2 Å². The van der Waals surface area contributed by atoms with E-state index in [9.17, 15) is 27.5 Å². The molecule has 1 saturated carbocycles. The predicted molar refractivity (Wildman–Crippen MR) is 126 cm³/mol. The Morgan fingerprint density at radius 3 is 2.44 bits per heavy atom. The van der Waals surface area contributed by atoms with Crippen molar-refractivity contribution in [2.75, 3.05) is 0 Å².